The molecule has 2 aliphatic carbocycles. The van der Waals surface area contributed by atoms with Crippen molar-refractivity contribution in [3.05, 3.63) is 173 Å². The molecule has 0 heterocycles. The topological polar surface area (TPSA) is 3.24 Å². The highest BCUT2D eigenvalue weighted by molar-refractivity contribution is 6.34. The molecule has 0 radical (unpaired) electrons. The first-order valence-electron chi connectivity index (χ1n) is 20.5. The van der Waals surface area contributed by atoms with Gasteiger partial charge in [-0.05, 0) is 142 Å². The molecule has 8 aromatic rings. The van der Waals surface area contributed by atoms with E-state index >= 15 is 0 Å². The van der Waals surface area contributed by atoms with Crippen molar-refractivity contribution in [3.8, 4) is 0 Å². The van der Waals surface area contributed by atoms with Gasteiger partial charge >= 0.3 is 0 Å². The minimum Gasteiger partial charge on any atom is -0.310 e. The predicted octanol–water partition coefficient (Wildman–Crippen LogP) is 16.1. The fraction of sp³-hybridized carbons (Fsp3) is 0.185. The molecule has 0 amide bonds. The molecule has 0 atom stereocenters. The van der Waals surface area contributed by atoms with Crippen LogP contribution in [0.15, 0.2) is 151 Å². The van der Waals surface area contributed by atoms with Crippen molar-refractivity contribution in [2.75, 3.05) is 4.90 Å². The zero-order chi connectivity index (χ0) is 36.6. The summed E-state index contributed by atoms with van der Waals surface area (Å²) in [4.78, 5) is 2.45. The zero-order valence-corrected chi connectivity index (χ0v) is 31.6. The number of allylic oxidation sites excluding steroid dienone is 2. The Morgan fingerprint density at radius 3 is 1.31 bits per heavy atom. The van der Waals surface area contributed by atoms with Crippen LogP contribution in [0.1, 0.15) is 86.5 Å². The molecule has 268 valence electrons. The average Bonchev–Trinajstić information content (AvgIpc) is 3.24. The Bertz CT molecular complexity index is 2660. The molecule has 0 N–H and O–H groups in total. The Labute approximate surface area is 325 Å². The third-order valence-corrected chi connectivity index (χ3v) is 12.2. The van der Waals surface area contributed by atoms with Gasteiger partial charge in [0.25, 0.3) is 0 Å². The molecule has 8 aromatic carbocycles. The standard InChI is InChI=1S/C54H47N/c1-3-10-40(11-4-1)36-42-24-22-38(23-25-42)20-21-39-26-30-45(31-27-39)55(46-32-28-43(29-33-46)37-41-12-5-2-6-13-41)52-35-34-50-48-17-8-15-44-14-7-16-47(53(44)48)49-18-9-19-51(52)54(49)50/h7-9,14-37H,1-6,10-13H2. The molecule has 2 aliphatic rings. The van der Waals surface area contributed by atoms with E-state index in [1.54, 1.807) is 11.1 Å². The first kappa shape index (κ1) is 33.6. The molecule has 1 nitrogen and oxygen atoms in total. The second-order valence-electron chi connectivity index (χ2n) is 15.8. The summed E-state index contributed by atoms with van der Waals surface area (Å²) in [5.74, 6) is 0. The van der Waals surface area contributed by atoms with Gasteiger partial charge in [0, 0.05) is 16.8 Å². The van der Waals surface area contributed by atoms with Crippen molar-refractivity contribution in [3.63, 3.8) is 0 Å². The largest absolute Gasteiger partial charge is 0.310 e. The van der Waals surface area contributed by atoms with E-state index in [0.717, 1.165) is 11.4 Å². The number of nitrogens with zero attached hydrogens (tertiary/aromatic N) is 1. The van der Waals surface area contributed by atoms with Crippen LogP contribution in [-0.4, -0.2) is 0 Å². The van der Waals surface area contributed by atoms with Crippen LogP contribution in [0.5, 0.6) is 0 Å². The highest BCUT2D eigenvalue weighted by Gasteiger charge is 2.20. The number of fused-ring (bicyclic) bond motifs is 2. The zero-order valence-electron chi connectivity index (χ0n) is 31.6. The Balaban J connectivity index is 1.03. The molecule has 0 unspecified atom stereocenters. The van der Waals surface area contributed by atoms with Gasteiger partial charge in [0.2, 0.25) is 0 Å². The Kier molecular flexibility index (Phi) is 9.00. The number of benzene rings is 8. The smallest absolute Gasteiger partial charge is 0.0540 e. The van der Waals surface area contributed by atoms with Gasteiger partial charge < -0.3 is 4.90 Å². The highest BCUT2D eigenvalue weighted by atomic mass is 15.1. The molecule has 0 saturated heterocycles. The summed E-state index contributed by atoms with van der Waals surface area (Å²) in [6.07, 6.45) is 22.3. The highest BCUT2D eigenvalue weighted by Crippen LogP contribution is 2.46. The second kappa shape index (κ2) is 14.7. The molecule has 2 saturated carbocycles. The maximum absolute atomic E-state index is 2.45. The average molecular weight is 710 g/mol. The minimum atomic E-state index is 1.15. The summed E-state index contributed by atoms with van der Waals surface area (Å²) in [6.45, 7) is 0. The predicted molar refractivity (Wildman–Crippen MR) is 240 cm³/mol. The molecule has 0 aromatic heterocycles. The lowest BCUT2D eigenvalue weighted by molar-refractivity contribution is 0.602. The molecule has 0 bridgehead atoms. The van der Waals surface area contributed by atoms with Crippen molar-refractivity contribution in [2.45, 2.75) is 64.2 Å². The van der Waals surface area contributed by atoms with Crippen LogP contribution in [0.25, 0.3) is 67.4 Å². The molecule has 2 fully saturated rings. The maximum Gasteiger partial charge on any atom is 0.0540 e. The van der Waals surface area contributed by atoms with Crippen molar-refractivity contribution >= 4 is 84.5 Å². The molecular formula is C54H47N. The quantitative estimate of drug-likeness (QED) is 0.0905. The molecule has 55 heavy (non-hydrogen) atoms. The molecule has 0 spiro atoms. The van der Waals surface area contributed by atoms with Crippen molar-refractivity contribution in [2.24, 2.45) is 0 Å². The summed E-state index contributed by atoms with van der Waals surface area (Å²) in [5.41, 5.74) is 11.7. The molecule has 10 rings (SSSR count). The monoisotopic (exact) mass is 709 g/mol. The van der Waals surface area contributed by atoms with Crippen LogP contribution in [0.3, 0.4) is 0 Å². The van der Waals surface area contributed by atoms with Crippen LogP contribution >= 0.6 is 0 Å². The van der Waals surface area contributed by atoms with E-state index < -0.39 is 0 Å². The molecule has 0 aliphatic heterocycles. The fourth-order valence-corrected chi connectivity index (χ4v) is 9.37. The van der Waals surface area contributed by atoms with Gasteiger partial charge in [0.15, 0.2) is 0 Å². The van der Waals surface area contributed by atoms with Gasteiger partial charge in [-0.15, -0.1) is 0 Å². The third kappa shape index (κ3) is 6.63. The van der Waals surface area contributed by atoms with E-state index in [1.165, 1.54) is 135 Å². The lowest BCUT2D eigenvalue weighted by Crippen LogP contribution is -2.10. The third-order valence-electron chi connectivity index (χ3n) is 12.2. The Hall–Kier alpha value is -5.92. The summed E-state index contributed by atoms with van der Waals surface area (Å²) in [6, 6.07) is 52.3. The number of anilines is 3. The van der Waals surface area contributed by atoms with E-state index in [4.69, 9.17) is 0 Å². The van der Waals surface area contributed by atoms with Gasteiger partial charge in [-0.3, -0.25) is 0 Å². The lowest BCUT2D eigenvalue weighted by Gasteiger charge is -2.28. The Morgan fingerprint density at radius 2 is 0.764 bits per heavy atom. The van der Waals surface area contributed by atoms with Gasteiger partial charge in [0.05, 0.1) is 5.69 Å². The second-order valence-corrected chi connectivity index (χ2v) is 15.8. The van der Waals surface area contributed by atoms with Gasteiger partial charge in [-0.25, -0.2) is 0 Å². The summed E-state index contributed by atoms with van der Waals surface area (Å²) in [5, 5.41) is 10.5. The van der Waals surface area contributed by atoms with E-state index in [2.05, 4.69) is 169 Å². The maximum atomic E-state index is 2.45. The van der Waals surface area contributed by atoms with Crippen LogP contribution in [0.2, 0.25) is 0 Å². The number of hydrogen-bond donors (Lipinski definition) is 0. The van der Waals surface area contributed by atoms with E-state index in [0.29, 0.717) is 0 Å². The van der Waals surface area contributed by atoms with Gasteiger partial charge in [-0.1, -0.05) is 157 Å². The lowest BCUT2D eigenvalue weighted by atomic mass is 9.89. The van der Waals surface area contributed by atoms with E-state index in [1.807, 2.05) is 0 Å². The normalized spacial score (nSPS) is 15.1. The van der Waals surface area contributed by atoms with Gasteiger partial charge in [-0.2, -0.15) is 0 Å². The van der Waals surface area contributed by atoms with E-state index in [-0.39, 0.29) is 0 Å². The van der Waals surface area contributed by atoms with E-state index in [9.17, 15) is 0 Å². The summed E-state index contributed by atoms with van der Waals surface area (Å²) >= 11 is 0. The Morgan fingerprint density at radius 1 is 0.345 bits per heavy atom. The minimum absolute atomic E-state index is 1.15. The van der Waals surface area contributed by atoms with Crippen LogP contribution < -0.4 is 4.90 Å². The summed E-state index contributed by atoms with van der Waals surface area (Å²) in [7, 11) is 0. The fourth-order valence-electron chi connectivity index (χ4n) is 9.37. The van der Waals surface area contributed by atoms with Gasteiger partial charge in [0.1, 0.15) is 0 Å². The molecule has 1 heteroatoms. The number of rotatable bonds is 7. The van der Waals surface area contributed by atoms with Crippen LogP contribution in [0.4, 0.5) is 17.1 Å². The van der Waals surface area contributed by atoms with Crippen molar-refractivity contribution < 1.29 is 0 Å². The van der Waals surface area contributed by atoms with Crippen LogP contribution in [0, 0.1) is 0 Å². The van der Waals surface area contributed by atoms with Crippen LogP contribution in [-0.2, 0) is 0 Å². The first-order valence-corrected chi connectivity index (χ1v) is 20.5. The van der Waals surface area contributed by atoms with Crippen molar-refractivity contribution in [1.82, 2.24) is 0 Å². The van der Waals surface area contributed by atoms with Crippen molar-refractivity contribution in [1.29, 1.82) is 0 Å². The molecular weight excluding hydrogens is 663 g/mol. The SMILES string of the molecule is C(=Cc1ccc(N(c2ccc(C=C3CCCCC3)cc2)c2ccc3c4cccc5cccc(c6cccc2c63)c54)cc1)c1ccc(C=C2CCCCC2)cc1. The number of hydrogen-bond acceptors (Lipinski definition) is 1. The summed E-state index contributed by atoms with van der Waals surface area (Å²) < 4.78 is 0. The first-order chi connectivity index (χ1) is 27.2.